The van der Waals surface area contributed by atoms with E-state index < -0.39 is 0 Å². The molecule has 5 nitrogen and oxygen atoms in total. The number of hydrogen-bond donors (Lipinski definition) is 0. The van der Waals surface area contributed by atoms with E-state index in [1.807, 2.05) is 12.1 Å². The van der Waals surface area contributed by atoms with Crippen LogP contribution in [0.5, 0.6) is 0 Å². The van der Waals surface area contributed by atoms with Gasteiger partial charge < -0.3 is 19.1 Å². The third kappa shape index (κ3) is 3.94. The van der Waals surface area contributed by atoms with Crippen molar-refractivity contribution in [3.63, 3.8) is 0 Å². The largest absolute Gasteiger partial charge is 0.381 e. The fourth-order valence-electron chi connectivity index (χ4n) is 4.60. The molecular formula is C24H29FN4O. The Hall–Kier alpha value is -2.44. The third-order valence-corrected chi connectivity index (χ3v) is 6.47. The number of anilines is 1. The molecule has 1 aromatic heterocycles. The molecule has 2 fully saturated rings. The van der Waals surface area contributed by atoms with Gasteiger partial charge in [-0.25, -0.2) is 9.37 Å². The van der Waals surface area contributed by atoms with E-state index >= 15 is 0 Å². The highest BCUT2D eigenvalue weighted by molar-refractivity contribution is 5.81. The van der Waals surface area contributed by atoms with Crippen LogP contribution >= 0.6 is 0 Å². The Kier molecular flexibility index (Phi) is 5.44. The van der Waals surface area contributed by atoms with Crippen LogP contribution in [-0.2, 0) is 11.3 Å². The molecule has 0 amide bonds. The van der Waals surface area contributed by atoms with E-state index in [9.17, 15) is 4.39 Å². The van der Waals surface area contributed by atoms with Crippen molar-refractivity contribution in [2.45, 2.75) is 25.3 Å². The van der Waals surface area contributed by atoms with Gasteiger partial charge in [-0.3, -0.25) is 0 Å². The van der Waals surface area contributed by atoms with Crippen LogP contribution in [0.2, 0.25) is 0 Å². The molecule has 0 spiro atoms. The molecule has 5 rings (SSSR count). The SMILES string of the molecule is CN1CCN(c2ccc3nc(C4CCOCC4)n(Cc4ccc(F)cc4)c3c2)CC1. The fraction of sp³-hybridized carbons (Fsp3) is 0.458. The number of benzene rings is 2. The highest BCUT2D eigenvalue weighted by Gasteiger charge is 2.24. The van der Waals surface area contributed by atoms with Crippen molar-refractivity contribution in [2.24, 2.45) is 0 Å². The fourth-order valence-corrected chi connectivity index (χ4v) is 4.60. The number of likely N-dealkylation sites (N-methyl/N-ethyl adjacent to an activating group) is 1. The zero-order valence-corrected chi connectivity index (χ0v) is 17.6. The maximum absolute atomic E-state index is 13.4. The van der Waals surface area contributed by atoms with E-state index in [1.54, 1.807) is 0 Å². The molecule has 0 radical (unpaired) electrons. The van der Waals surface area contributed by atoms with E-state index in [4.69, 9.17) is 9.72 Å². The zero-order valence-electron chi connectivity index (χ0n) is 17.6. The summed E-state index contributed by atoms with van der Waals surface area (Å²) in [4.78, 5) is 9.89. The van der Waals surface area contributed by atoms with Gasteiger partial charge in [-0.2, -0.15) is 0 Å². The van der Waals surface area contributed by atoms with Gasteiger partial charge in [-0.15, -0.1) is 0 Å². The zero-order chi connectivity index (χ0) is 20.5. The lowest BCUT2D eigenvalue weighted by molar-refractivity contribution is 0.0830. The summed E-state index contributed by atoms with van der Waals surface area (Å²) in [6.07, 6.45) is 2.00. The number of rotatable bonds is 4. The molecule has 2 aromatic carbocycles. The molecule has 0 atom stereocenters. The van der Waals surface area contributed by atoms with E-state index in [1.165, 1.54) is 17.8 Å². The second kappa shape index (κ2) is 8.36. The number of hydrogen-bond acceptors (Lipinski definition) is 4. The van der Waals surface area contributed by atoms with Gasteiger partial charge in [0.1, 0.15) is 11.6 Å². The summed E-state index contributed by atoms with van der Waals surface area (Å²) in [7, 11) is 2.18. The normalized spacial score (nSPS) is 18.9. The van der Waals surface area contributed by atoms with Gasteiger partial charge in [-0.05, 0) is 55.8 Å². The van der Waals surface area contributed by atoms with Crippen LogP contribution in [0.1, 0.15) is 30.1 Å². The third-order valence-electron chi connectivity index (χ3n) is 6.47. The van der Waals surface area contributed by atoms with Crippen LogP contribution in [0.25, 0.3) is 11.0 Å². The lowest BCUT2D eigenvalue weighted by Crippen LogP contribution is -2.44. The molecule has 2 aliphatic rings. The van der Waals surface area contributed by atoms with Gasteiger partial charge >= 0.3 is 0 Å². The van der Waals surface area contributed by atoms with Crippen LogP contribution in [0.3, 0.4) is 0 Å². The monoisotopic (exact) mass is 408 g/mol. The molecule has 0 unspecified atom stereocenters. The van der Waals surface area contributed by atoms with Crippen molar-refractivity contribution in [3.8, 4) is 0 Å². The van der Waals surface area contributed by atoms with Crippen LogP contribution < -0.4 is 4.90 Å². The van der Waals surface area contributed by atoms with Gasteiger partial charge in [0, 0.05) is 57.5 Å². The highest BCUT2D eigenvalue weighted by atomic mass is 19.1. The van der Waals surface area contributed by atoms with Crippen LogP contribution in [0.15, 0.2) is 42.5 Å². The number of ether oxygens (including phenoxy) is 1. The Bertz CT molecular complexity index is 1000. The number of fused-ring (bicyclic) bond motifs is 1. The summed E-state index contributed by atoms with van der Waals surface area (Å²) < 4.78 is 21.4. The predicted molar refractivity (Wildman–Crippen MR) is 118 cm³/mol. The molecular weight excluding hydrogens is 379 g/mol. The Morgan fingerprint density at radius 1 is 1.00 bits per heavy atom. The predicted octanol–water partition coefficient (Wildman–Crippen LogP) is 3.87. The summed E-state index contributed by atoms with van der Waals surface area (Å²) in [5.74, 6) is 1.34. The van der Waals surface area contributed by atoms with Crippen molar-refractivity contribution >= 4 is 16.7 Å². The van der Waals surface area contributed by atoms with Crippen molar-refractivity contribution in [3.05, 3.63) is 59.7 Å². The Morgan fingerprint density at radius 2 is 1.73 bits per heavy atom. The molecule has 2 saturated heterocycles. The van der Waals surface area contributed by atoms with Crippen LogP contribution in [-0.4, -0.2) is 60.9 Å². The summed E-state index contributed by atoms with van der Waals surface area (Å²) in [6, 6.07) is 13.5. The topological polar surface area (TPSA) is 33.5 Å². The summed E-state index contributed by atoms with van der Waals surface area (Å²) >= 11 is 0. The number of imidazole rings is 1. The summed E-state index contributed by atoms with van der Waals surface area (Å²) in [6.45, 7) is 6.53. The van der Waals surface area contributed by atoms with Gasteiger partial charge in [-0.1, -0.05) is 12.1 Å². The molecule has 0 bridgehead atoms. The highest BCUT2D eigenvalue weighted by Crippen LogP contribution is 2.32. The number of halogens is 1. The minimum atomic E-state index is -0.198. The van der Waals surface area contributed by atoms with Gasteiger partial charge in [0.2, 0.25) is 0 Å². The minimum absolute atomic E-state index is 0.198. The first-order valence-corrected chi connectivity index (χ1v) is 10.9. The number of aromatic nitrogens is 2. The van der Waals surface area contributed by atoms with Gasteiger partial charge in [0.05, 0.1) is 11.0 Å². The summed E-state index contributed by atoms with van der Waals surface area (Å²) in [5, 5.41) is 0. The first kappa shape index (κ1) is 19.5. The quantitative estimate of drug-likeness (QED) is 0.656. The lowest BCUT2D eigenvalue weighted by Gasteiger charge is -2.34. The van der Waals surface area contributed by atoms with Crippen molar-refractivity contribution < 1.29 is 9.13 Å². The molecule has 6 heteroatoms. The first-order valence-electron chi connectivity index (χ1n) is 10.9. The Labute approximate surface area is 177 Å². The molecule has 30 heavy (non-hydrogen) atoms. The molecule has 0 saturated carbocycles. The molecule has 3 heterocycles. The average molecular weight is 409 g/mol. The van der Waals surface area contributed by atoms with E-state index in [0.29, 0.717) is 12.5 Å². The Morgan fingerprint density at radius 3 is 2.47 bits per heavy atom. The maximum atomic E-state index is 13.4. The van der Waals surface area contributed by atoms with Crippen molar-refractivity contribution in [1.29, 1.82) is 0 Å². The van der Waals surface area contributed by atoms with E-state index in [0.717, 1.165) is 74.7 Å². The maximum Gasteiger partial charge on any atom is 0.123 e. The van der Waals surface area contributed by atoms with Gasteiger partial charge in [0.25, 0.3) is 0 Å². The minimum Gasteiger partial charge on any atom is -0.381 e. The molecule has 158 valence electrons. The molecule has 3 aromatic rings. The number of piperazine rings is 1. The van der Waals surface area contributed by atoms with Crippen molar-refractivity contribution in [2.75, 3.05) is 51.3 Å². The van der Waals surface area contributed by atoms with Gasteiger partial charge in [0.15, 0.2) is 0 Å². The second-order valence-electron chi connectivity index (χ2n) is 8.53. The molecule has 0 N–H and O–H groups in total. The van der Waals surface area contributed by atoms with Crippen molar-refractivity contribution in [1.82, 2.24) is 14.5 Å². The van der Waals surface area contributed by atoms with E-state index in [-0.39, 0.29) is 5.82 Å². The standard InChI is InChI=1S/C24H29FN4O/c1-27-10-12-28(13-11-27)21-6-7-22-23(16-21)29(17-18-2-4-20(25)5-3-18)24(26-22)19-8-14-30-15-9-19/h2-7,16,19H,8-15,17H2,1H3. The lowest BCUT2D eigenvalue weighted by atomic mass is 9.99. The number of nitrogens with zero attached hydrogens (tertiary/aromatic N) is 4. The second-order valence-corrected chi connectivity index (χ2v) is 8.53. The van der Waals surface area contributed by atoms with Crippen LogP contribution in [0, 0.1) is 5.82 Å². The smallest absolute Gasteiger partial charge is 0.123 e. The van der Waals surface area contributed by atoms with E-state index in [2.05, 4.69) is 39.6 Å². The first-order chi connectivity index (χ1) is 14.7. The summed E-state index contributed by atoms with van der Waals surface area (Å²) in [5.41, 5.74) is 4.55. The van der Waals surface area contributed by atoms with Crippen LogP contribution in [0.4, 0.5) is 10.1 Å². The molecule has 0 aliphatic carbocycles. The molecule has 2 aliphatic heterocycles. The Balaban J connectivity index is 1.54. The average Bonchev–Trinajstić information content (AvgIpc) is 3.14.